The molecule has 3 aromatic carbocycles. The topological polar surface area (TPSA) is 107 Å². The monoisotopic (exact) mass is 594 g/mol. The van der Waals surface area contributed by atoms with E-state index in [2.05, 4.69) is 4.98 Å². The minimum atomic E-state index is -1.07. The fourth-order valence-corrected chi connectivity index (χ4v) is 5.97. The predicted molar refractivity (Wildman–Crippen MR) is 158 cm³/mol. The molecule has 0 bridgehead atoms. The molecule has 1 amide bonds. The molecule has 1 N–H and O–H groups in total. The summed E-state index contributed by atoms with van der Waals surface area (Å²) in [5, 5.41) is 12.4. The molecular weight excluding hydrogens is 568 g/mol. The Morgan fingerprint density at radius 3 is 2.41 bits per heavy atom. The van der Waals surface area contributed by atoms with Crippen LogP contribution in [0.15, 0.2) is 60.2 Å². The molecule has 1 aliphatic rings. The van der Waals surface area contributed by atoms with Crippen molar-refractivity contribution in [3.8, 4) is 23.0 Å². The Labute approximate surface area is 245 Å². The molecule has 2 heterocycles. The first kappa shape index (κ1) is 28.3. The fourth-order valence-electron chi connectivity index (χ4n) is 4.70. The van der Waals surface area contributed by atoms with Gasteiger partial charge in [-0.1, -0.05) is 42.0 Å². The number of Topliss-reactive ketones (excluding diaryl/α,β-unsaturated/α-hetero) is 1. The minimum absolute atomic E-state index is 0.116. The number of rotatable bonds is 9. The summed E-state index contributed by atoms with van der Waals surface area (Å²) in [7, 11) is 4.42. The molecule has 4 aromatic rings. The number of halogens is 1. The number of aliphatic hydroxyl groups is 1. The second-order valence-corrected chi connectivity index (χ2v) is 10.6. The molecule has 1 fully saturated rings. The molecule has 41 heavy (non-hydrogen) atoms. The molecule has 1 aromatic heterocycles. The highest BCUT2D eigenvalue weighted by Crippen LogP contribution is 2.48. The lowest BCUT2D eigenvalue weighted by molar-refractivity contribution is -0.132. The molecule has 0 saturated carbocycles. The lowest BCUT2D eigenvalue weighted by atomic mass is 9.94. The molecule has 0 spiro atoms. The highest BCUT2D eigenvalue weighted by atomic mass is 35.5. The van der Waals surface area contributed by atoms with Crippen molar-refractivity contribution >= 4 is 55.7 Å². The molecule has 1 unspecified atom stereocenters. The molecular formula is C30H27ClN2O7S. The first-order valence-corrected chi connectivity index (χ1v) is 13.9. The number of carbonyl (C=O) groups excluding carboxylic acids is 2. The predicted octanol–water partition coefficient (Wildman–Crippen LogP) is 6.39. The van der Waals surface area contributed by atoms with Crippen LogP contribution in [0.2, 0.25) is 5.02 Å². The van der Waals surface area contributed by atoms with E-state index >= 15 is 0 Å². The van der Waals surface area contributed by atoms with E-state index in [0.717, 1.165) is 11.1 Å². The molecule has 0 aliphatic carbocycles. The smallest absolute Gasteiger partial charge is 0.301 e. The fraction of sp³-hybridized carbons (Fsp3) is 0.233. The van der Waals surface area contributed by atoms with Gasteiger partial charge >= 0.3 is 5.91 Å². The Balaban J connectivity index is 1.75. The first-order chi connectivity index (χ1) is 19.8. The summed E-state index contributed by atoms with van der Waals surface area (Å²) in [6.07, 6.45) is 0.801. The van der Waals surface area contributed by atoms with E-state index in [4.69, 9.17) is 30.5 Å². The summed E-state index contributed by atoms with van der Waals surface area (Å²) in [6, 6.07) is 14.1. The van der Waals surface area contributed by atoms with Crippen molar-refractivity contribution in [3.63, 3.8) is 0 Å². The van der Waals surface area contributed by atoms with Gasteiger partial charge in [0.1, 0.15) is 11.5 Å². The third kappa shape index (κ3) is 5.16. The van der Waals surface area contributed by atoms with Gasteiger partial charge < -0.3 is 24.1 Å². The van der Waals surface area contributed by atoms with Gasteiger partial charge in [-0.25, -0.2) is 4.98 Å². The summed E-state index contributed by atoms with van der Waals surface area (Å²) in [5.74, 6) is -0.552. The number of thiazole rings is 1. The maximum Gasteiger partial charge on any atom is 0.301 e. The van der Waals surface area contributed by atoms with Crippen molar-refractivity contribution in [1.29, 1.82) is 0 Å². The maximum atomic E-state index is 13.7. The van der Waals surface area contributed by atoms with Crippen LogP contribution in [-0.2, 0) is 9.59 Å². The van der Waals surface area contributed by atoms with Gasteiger partial charge in [0.05, 0.1) is 49.8 Å². The number of benzene rings is 3. The number of carbonyl (C=O) groups is 2. The first-order valence-electron chi connectivity index (χ1n) is 12.7. The Morgan fingerprint density at radius 1 is 1.02 bits per heavy atom. The van der Waals surface area contributed by atoms with E-state index in [0.29, 0.717) is 51.3 Å². The van der Waals surface area contributed by atoms with Crippen LogP contribution in [0.1, 0.15) is 30.5 Å². The van der Waals surface area contributed by atoms with Crippen molar-refractivity contribution in [1.82, 2.24) is 4.98 Å². The Morgan fingerprint density at radius 2 is 1.76 bits per heavy atom. The summed E-state index contributed by atoms with van der Waals surface area (Å²) in [4.78, 5) is 33.3. The van der Waals surface area contributed by atoms with Crippen LogP contribution in [0.5, 0.6) is 23.0 Å². The van der Waals surface area contributed by atoms with E-state index < -0.39 is 17.7 Å². The number of ketones is 1. The standard InChI is InChI=1S/C30H27ClN2O7S/c1-5-11-40-19-8-6-7-16(12-19)26(34)24-25(17-13-21(37-2)28(39-4)22(14-17)38-3)33(29(36)27(24)35)30-32-20-10-9-18(31)15-23(20)41-30/h6-10,12-15,25,34H,5,11H2,1-4H3/b26-24+. The Bertz CT molecular complexity index is 1660. The van der Waals surface area contributed by atoms with Crippen LogP contribution in [0.3, 0.4) is 0 Å². The summed E-state index contributed by atoms with van der Waals surface area (Å²) < 4.78 is 23.0. The highest BCUT2D eigenvalue weighted by Gasteiger charge is 2.48. The zero-order chi connectivity index (χ0) is 29.3. The van der Waals surface area contributed by atoms with Crippen LogP contribution in [0, 0.1) is 0 Å². The number of hydrogen-bond donors (Lipinski definition) is 1. The van der Waals surface area contributed by atoms with Gasteiger partial charge in [-0.05, 0) is 54.4 Å². The summed E-state index contributed by atoms with van der Waals surface area (Å²) in [6.45, 7) is 2.47. The normalized spacial score (nSPS) is 16.3. The summed E-state index contributed by atoms with van der Waals surface area (Å²) in [5.41, 5.74) is 1.26. The van der Waals surface area contributed by atoms with Crippen molar-refractivity contribution < 1.29 is 33.6 Å². The number of hydrogen-bond acceptors (Lipinski definition) is 9. The van der Waals surface area contributed by atoms with Crippen molar-refractivity contribution in [3.05, 3.63) is 76.3 Å². The van der Waals surface area contributed by atoms with Crippen LogP contribution in [-0.4, -0.2) is 49.7 Å². The molecule has 0 radical (unpaired) electrons. The van der Waals surface area contributed by atoms with Gasteiger partial charge in [0.15, 0.2) is 16.6 Å². The van der Waals surface area contributed by atoms with E-state index in [1.54, 1.807) is 54.6 Å². The molecule has 5 rings (SSSR count). The number of amides is 1. The largest absolute Gasteiger partial charge is 0.507 e. The van der Waals surface area contributed by atoms with Gasteiger partial charge in [0.2, 0.25) is 5.75 Å². The molecule has 9 nitrogen and oxygen atoms in total. The van der Waals surface area contributed by atoms with Crippen LogP contribution >= 0.6 is 22.9 Å². The van der Waals surface area contributed by atoms with Crippen LogP contribution in [0.25, 0.3) is 16.0 Å². The average molecular weight is 595 g/mol. The van der Waals surface area contributed by atoms with Crippen molar-refractivity contribution in [2.24, 2.45) is 0 Å². The number of ether oxygens (including phenoxy) is 4. The Hall–Kier alpha value is -4.28. The minimum Gasteiger partial charge on any atom is -0.507 e. The number of methoxy groups -OCH3 is 3. The van der Waals surface area contributed by atoms with Gasteiger partial charge in [-0.3, -0.25) is 14.5 Å². The highest BCUT2D eigenvalue weighted by molar-refractivity contribution is 7.22. The molecule has 11 heteroatoms. The summed E-state index contributed by atoms with van der Waals surface area (Å²) >= 11 is 7.40. The lowest BCUT2D eigenvalue weighted by Gasteiger charge is -2.24. The zero-order valence-corrected chi connectivity index (χ0v) is 24.3. The van der Waals surface area contributed by atoms with Crippen LogP contribution < -0.4 is 23.8 Å². The molecule has 1 saturated heterocycles. The number of aliphatic hydroxyl groups excluding tert-OH is 1. The quantitative estimate of drug-likeness (QED) is 0.135. The second kappa shape index (κ2) is 11.7. The number of nitrogens with zero attached hydrogens (tertiary/aromatic N) is 2. The molecule has 1 aliphatic heterocycles. The van der Waals surface area contributed by atoms with E-state index in [1.165, 1.54) is 37.6 Å². The van der Waals surface area contributed by atoms with E-state index in [9.17, 15) is 14.7 Å². The third-order valence-corrected chi connectivity index (χ3v) is 7.83. The van der Waals surface area contributed by atoms with Gasteiger partial charge in [-0.2, -0.15) is 0 Å². The SMILES string of the molecule is CCCOc1cccc(/C(O)=C2\C(=O)C(=O)N(c3nc4ccc(Cl)cc4s3)C2c2cc(OC)c(OC)c(OC)c2)c1. The van der Waals surface area contributed by atoms with Gasteiger partial charge in [-0.15, -0.1) is 0 Å². The second-order valence-electron chi connectivity index (χ2n) is 9.11. The maximum absolute atomic E-state index is 13.7. The molecule has 212 valence electrons. The van der Waals surface area contributed by atoms with Crippen molar-refractivity contribution in [2.45, 2.75) is 19.4 Å². The van der Waals surface area contributed by atoms with Gasteiger partial charge in [0, 0.05) is 10.6 Å². The van der Waals surface area contributed by atoms with E-state index in [-0.39, 0.29) is 16.5 Å². The Kier molecular flexibility index (Phi) is 8.05. The molecule has 1 atom stereocenters. The van der Waals surface area contributed by atoms with Crippen molar-refractivity contribution in [2.75, 3.05) is 32.8 Å². The number of aromatic nitrogens is 1. The lowest BCUT2D eigenvalue weighted by Crippen LogP contribution is -2.29. The van der Waals surface area contributed by atoms with Gasteiger partial charge in [0.25, 0.3) is 5.78 Å². The third-order valence-electron chi connectivity index (χ3n) is 6.57. The average Bonchev–Trinajstić information content (AvgIpc) is 3.52. The number of fused-ring (bicyclic) bond motifs is 1. The zero-order valence-electron chi connectivity index (χ0n) is 22.8. The van der Waals surface area contributed by atoms with Crippen LogP contribution in [0.4, 0.5) is 5.13 Å². The number of anilines is 1. The van der Waals surface area contributed by atoms with E-state index in [1.807, 2.05) is 6.92 Å².